The highest BCUT2D eigenvalue weighted by Gasteiger charge is 2.31. The lowest BCUT2D eigenvalue weighted by Gasteiger charge is -2.30. The predicted molar refractivity (Wildman–Crippen MR) is 105 cm³/mol. The van der Waals surface area contributed by atoms with Crippen molar-refractivity contribution < 1.29 is 19.2 Å². The molecule has 1 aliphatic heterocycles. The number of amides is 1. The lowest BCUT2D eigenvalue weighted by Crippen LogP contribution is -2.38. The second-order valence-electron chi connectivity index (χ2n) is 6.25. The molecule has 146 valence electrons. The highest BCUT2D eigenvalue weighted by Crippen LogP contribution is 2.38. The van der Waals surface area contributed by atoms with E-state index in [1.165, 1.54) is 23.1 Å². The van der Waals surface area contributed by atoms with Crippen LogP contribution in [0.25, 0.3) is 6.08 Å². The van der Waals surface area contributed by atoms with Gasteiger partial charge in [-0.3, -0.25) is 14.9 Å². The molecule has 0 saturated heterocycles. The molecule has 0 aliphatic carbocycles. The maximum Gasteiger partial charge on any atom is 0.294 e. The normalized spacial score (nSPS) is 14.6. The molecule has 1 amide bonds. The fourth-order valence-corrected chi connectivity index (χ4v) is 2.93. The molecule has 8 nitrogen and oxygen atoms in total. The molecule has 3 rings (SSSR count). The van der Waals surface area contributed by atoms with Gasteiger partial charge in [0.2, 0.25) is 0 Å². The van der Waals surface area contributed by atoms with Crippen molar-refractivity contribution in [2.75, 3.05) is 25.1 Å². The Kier molecular flexibility index (Phi) is 5.90. The van der Waals surface area contributed by atoms with Gasteiger partial charge in [0.05, 0.1) is 17.7 Å². The van der Waals surface area contributed by atoms with E-state index >= 15 is 0 Å². The number of fused-ring (bicyclic) bond motifs is 1. The van der Waals surface area contributed by atoms with Crippen LogP contribution in [0.2, 0.25) is 0 Å². The molecule has 2 N–H and O–H groups in total. The number of rotatable bonds is 7. The number of nitrogens with two attached hydrogens (primary N) is 1. The van der Waals surface area contributed by atoms with Gasteiger partial charge in [-0.15, -0.1) is 0 Å². The number of methoxy groups -OCH3 is 1. The van der Waals surface area contributed by atoms with Crippen LogP contribution in [0, 0.1) is 10.1 Å². The minimum absolute atomic E-state index is 0.0980. The number of carbonyl (C=O) groups is 1. The number of nitro benzene ring substituents is 1. The molecule has 0 saturated carbocycles. The van der Waals surface area contributed by atoms with Gasteiger partial charge >= 0.3 is 0 Å². The summed E-state index contributed by atoms with van der Waals surface area (Å²) in [6, 6.07) is 11.5. The van der Waals surface area contributed by atoms with Crippen LogP contribution in [-0.2, 0) is 4.79 Å². The summed E-state index contributed by atoms with van der Waals surface area (Å²) in [5.74, 6) is 0.843. The van der Waals surface area contributed by atoms with Crippen LogP contribution in [0.1, 0.15) is 18.4 Å². The third-order valence-corrected chi connectivity index (χ3v) is 4.35. The Morgan fingerprint density at radius 1 is 1.25 bits per heavy atom. The van der Waals surface area contributed by atoms with E-state index in [1.54, 1.807) is 25.3 Å². The van der Waals surface area contributed by atoms with Crippen LogP contribution in [0.4, 0.5) is 11.4 Å². The van der Waals surface area contributed by atoms with Crippen molar-refractivity contribution in [3.63, 3.8) is 0 Å². The summed E-state index contributed by atoms with van der Waals surface area (Å²) in [7, 11) is 1.57. The minimum Gasteiger partial charge on any atom is -0.497 e. The number of anilines is 1. The quantitative estimate of drug-likeness (QED) is 0.341. The third-order valence-electron chi connectivity index (χ3n) is 4.35. The summed E-state index contributed by atoms with van der Waals surface area (Å²) < 4.78 is 11.0. The largest absolute Gasteiger partial charge is 0.497 e. The van der Waals surface area contributed by atoms with Gasteiger partial charge in [-0.1, -0.05) is 12.1 Å². The molecule has 28 heavy (non-hydrogen) atoms. The number of unbranched alkanes of at least 4 members (excludes halogenated alkanes) is 1. The molecule has 8 heteroatoms. The SMILES string of the molecule is COc1cccc(/C=C2/Oc3ccc([N+](=O)[O-])cc3N(CCCCN)C2=O)c1. The topological polar surface area (TPSA) is 108 Å². The fourth-order valence-electron chi connectivity index (χ4n) is 2.93. The zero-order valence-electron chi connectivity index (χ0n) is 15.5. The van der Waals surface area contributed by atoms with Crippen molar-refractivity contribution in [2.45, 2.75) is 12.8 Å². The van der Waals surface area contributed by atoms with Gasteiger partial charge < -0.3 is 20.1 Å². The van der Waals surface area contributed by atoms with Crippen LogP contribution in [-0.4, -0.2) is 31.0 Å². The van der Waals surface area contributed by atoms with Crippen molar-refractivity contribution in [3.8, 4) is 11.5 Å². The Morgan fingerprint density at radius 3 is 2.79 bits per heavy atom. The average Bonchev–Trinajstić information content (AvgIpc) is 2.70. The van der Waals surface area contributed by atoms with Gasteiger partial charge in [0.25, 0.3) is 11.6 Å². The van der Waals surface area contributed by atoms with Crippen molar-refractivity contribution in [3.05, 3.63) is 63.9 Å². The van der Waals surface area contributed by atoms with Crippen LogP contribution >= 0.6 is 0 Å². The molecule has 0 atom stereocenters. The highest BCUT2D eigenvalue weighted by atomic mass is 16.6. The van der Waals surface area contributed by atoms with E-state index in [1.807, 2.05) is 12.1 Å². The summed E-state index contributed by atoms with van der Waals surface area (Å²) in [5.41, 5.74) is 6.59. The number of hydrogen-bond donors (Lipinski definition) is 1. The van der Waals surface area contributed by atoms with E-state index in [9.17, 15) is 14.9 Å². The minimum atomic E-state index is -0.496. The number of nitro groups is 1. The first kappa shape index (κ1) is 19.4. The summed E-state index contributed by atoms with van der Waals surface area (Å²) in [6.07, 6.45) is 3.05. The van der Waals surface area contributed by atoms with Crippen molar-refractivity contribution in [2.24, 2.45) is 5.73 Å². The number of ether oxygens (including phenoxy) is 2. The Bertz CT molecular complexity index is 926. The first-order valence-corrected chi connectivity index (χ1v) is 8.87. The molecule has 0 unspecified atom stereocenters. The van der Waals surface area contributed by atoms with E-state index in [4.69, 9.17) is 15.2 Å². The van der Waals surface area contributed by atoms with Crippen LogP contribution in [0.5, 0.6) is 11.5 Å². The maximum atomic E-state index is 13.0. The Morgan fingerprint density at radius 2 is 2.07 bits per heavy atom. The van der Waals surface area contributed by atoms with Crippen LogP contribution in [0.15, 0.2) is 48.2 Å². The van der Waals surface area contributed by atoms with E-state index < -0.39 is 4.92 Å². The molecule has 0 fully saturated rings. The molecule has 0 aromatic heterocycles. The van der Waals surface area contributed by atoms with E-state index in [-0.39, 0.29) is 17.4 Å². The number of nitrogens with zero attached hydrogens (tertiary/aromatic N) is 2. The van der Waals surface area contributed by atoms with E-state index in [2.05, 4.69) is 0 Å². The first-order chi connectivity index (χ1) is 13.5. The second kappa shape index (κ2) is 8.53. The number of non-ortho nitro benzene ring substituents is 1. The molecule has 1 aliphatic rings. The Hall–Kier alpha value is -3.39. The Balaban J connectivity index is 1.99. The maximum absolute atomic E-state index is 13.0. The first-order valence-electron chi connectivity index (χ1n) is 8.87. The van der Waals surface area contributed by atoms with Crippen molar-refractivity contribution in [1.29, 1.82) is 0 Å². The standard InChI is InChI=1S/C20H21N3O5/c1-27-16-6-4-5-14(11-16)12-19-20(24)22(10-3-2-9-21)17-13-15(23(25)26)7-8-18(17)28-19/h4-8,11-13H,2-3,9-10,21H2,1H3/b19-12+. The number of carbonyl (C=O) groups excluding carboxylic acids is 1. The smallest absolute Gasteiger partial charge is 0.294 e. The average molecular weight is 383 g/mol. The van der Waals surface area contributed by atoms with Gasteiger partial charge in [-0.05, 0) is 49.2 Å². The molecule has 0 spiro atoms. The monoisotopic (exact) mass is 383 g/mol. The molecule has 1 heterocycles. The highest BCUT2D eigenvalue weighted by molar-refractivity contribution is 6.10. The van der Waals surface area contributed by atoms with Gasteiger partial charge in [0.15, 0.2) is 11.5 Å². The van der Waals surface area contributed by atoms with E-state index in [0.717, 1.165) is 12.0 Å². The lowest BCUT2D eigenvalue weighted by molar-refractivity contribution is -0.384. The van der Waals surface area contributed by atoms with Gasteiger partial charge in [-0.2, -0.15) is 0 Å². The molecular formula is C20H21N3O5. The molecule has 2 aromatic carbocycles. The van der Waals surface area contributed by atoms with Crippen molar-refractivity contribution in [1.82, 2.24) is 0 Å². The zero-order valence-corrected chi connectivity index (χ0v) is 15.5. The Labute approximate surface area is 162 Å². The molecule has 0 radical (unpaired) electrons. The summed E-state index contributed by atoms with van der Waals surface area (Å²) in [5, 5.41) is 11.1. The van der Waals surface area contributed by atoms with Gasteiger partial charge in [0.1, 0.15) is 5.75 Å². The molecule has 0 bridgehead atoms. The lowest BCUT2D eigenvalue weighted by atomic mass is 10.1. The molecule has 2 aromatic rings. The fraction of sp³-hybridized carbons (Fsp3) is 0.250. The van der Waals surface area contributed by atoms with Crippen LogP contribution < -0.4 is 20.1 Å². The van der Waals surface area contributed by atoms with E-state index in [0.29, 0.717) is 36.7 Å². The van der Waals surface area contributed by atoms with Gasteiger partial charge in [-0.25, -0.2) is 0 Å². The summed E-state index contributed by atoms with van der Waals surface area (Å²) in [6.45, 7) is 0.899. The van der Waals surface area contributed by atoms with Gasteiger partial charge in [0, 0.05) is 18.7 Å². The summed E-state index contributed by atoms with van der Waals surface area (Å²) in [4.78, 5) is 25.2. The van der Waals surface area contributed by atoms with Crippen molar-refractivity contribution >= 4 is 23.4 Å². The second-order valence-corrected chi connectivity index (χ2v) is 6.25. The summed E-state index contributed by atoms with van der Waals surface area (Å²) >= 11 is 0. The predicted octanol–water partition coefficient (Wildman–Crippen LogP) is 3.11. The number of benzene rings is 2. The zero-order chi connectivity index (χ0) is 20.1. The van der Waals surface area contributed by atoms with Crippen LogP contribution in [0.3, 0.4) is 0 Å². The number of hydrogen-bond acceptors (Lipinski definition) is 6. The molecular weight excluding hydrogens is 362 g/mol. The third kappa shape index (κ3) is 4.12.